The van der Waals surface area contributed by atoms with Gasteiger partial charge in [0.15, 0.2) is 17.5 Å². The Labute approximate surface area is 324 Å². The van der Waals surface area contributed by atoms with Crippen molar-refractivity contribution in [3.8, 4) is 67.5 Å². The van der Waals surface area contributed by atoms with Gasteiger partial charge in [0.05, 0.1) is 0 Å². The first-order valence-electron chi connectivity index (χ1n) is 19.1. The summed E-state index contributed by atoms with van der Waals surface area (Å²) in [6.45, 7) is 4.61. The molecule has 0 atom stereocenters. The molecule has 0 aliphatic heterocycles. The van der Waals surface area contributed by atoms with Gasteiger partial charge in [0, 0.05) is 32.9 Å². The van der Waals surface area contributed by atoms with Gasteiger partial charge in [-0.05, 0) is 104 Å². The van der Waals surface area contributed by atoms with Crippen molar-refractivity contribution in [2.24, 2.45) is 0 Å². The number of benzene rings is 8. The van der Waals surface area contributed by atoms with Gasteiger partial charge in [-0.25, -0.2) is 15.0 Å². The number of furan rings is 1. The van der Waals surface area contributed by atoms with Gasteiger partial charge in [-0.15, -0.1) is 0 Å². The highest BCUT2D eigenvalue weighted by molar-refractivity contribution is 6.06. The van der Waals surface area contributed by atoms with E-state index in [2.05, 4.69) is 159 Å². The molecular formula is C52H35N3O. The van der Waals surface area contributed by atoms with Crippen LogP contribution in [0.2, 0.25) is 0 Å². The normalized spacial score (nSPS) is 13.0. The molecule has 4 heteroatoms. The first-order chi connectivity index (χ1) is 27.5. The fourth-order valence-electron chi connectivity index (χ4n) is 8.55. The minimum absolute atomic E-state index is 0.149. The van der Waals surface area contributed by atoms with Crippen LogP contribution in [0.25, 0.3) is 100 Å². The molecule has 0 bridgehead atoms. The van der Waals surface area contributed by atoms with Crippen LogP contribution in [-0.2, 0) is 5.41 Å². The summed E-state index contributed by atoms with van der Waals surface area (Å²) in [5.41, 5.74) is 14.2. The predicted molar refractivity (Wildman–Crippen MR) is 229 cm³/mol. The third kappa shape index (κ3) is 5.25. The van der Waals surface area contributed by atoms with E-state index in [1.807, 2.05) is 30.3 Å². The molecule has 0 saturated heterocycles. The summed E-state index contributed by atoms with van der Waals surface area (Å²) >= 11 is 0. The molecule has 56 heavy (non-hydrogen) atoms. The van der Waals surface area contributed by atoms with Crippen LogP contribution < -0.4 is 0 Å². The molecule has 8 aromatic carbocycles. The Morgan fingerprint density at radius 2 is 0.911 bits per heavy atom. The van der Waals surface area contributed by atoms with Crippen molar-refractivity contribution in [1.29, 1.82) is 0 Å². The summed E-state index contributed by atoms with van der Waals surface area (Å²) in [6.07, 6.45) is 0. The van der Waals surface area contributed by atoms with Crippen molar-refractivity contribution in [3.63, 3.8) is 0 Å². The number of rotatable bonds is 5. The van der Waals surface area contributed by atoms with Crippen LogP contribution in [-0.4, -0.2) is 15.0 Å². The molecule has 264 valence electrons. The fraction of sp³-hybridized carbons (Fsp3) is 0.0577. The minimum atomic E-state index is -0.149. The molecule has 1 aliphatic carbocycles. The Bertz CT molecular complexity index is 3180. The smallest absolute Gasteiger partial charge is 0.164 e. The molecule has 0 radical (unpaired) electrons. The lowest BCUT2D eigenvalue weighted by molar-refractivity contribution is 0.660. The Kier molecular flexibility index (Phi) is 7.17. The second-order valence-electron chi connectivity index (χ2n) is 15.3. The number of nitrogens with zero attached hydrogens (tertiary/aromatic N) is 3. The van der Waals surface area contributed by atoms with E-state index >= 15 is 0 Å². The third-order valence-corrected chi connectivity index (χ3v) is 11.5. The van der Waals surface area contributed by atoms with E-state index in [0.29, 0.717) is 17.5 Å². The zero-order valence-corrected chi connectivity index (χ0v) is 31.0. The number of aromatic nitrogens is 3. The Hall–Kier alpha value is -7.17. The van der Waals surface area contributed by atoms with E-state index in [9.17, 15) is 0 Å². The summed E-state index contributed by atoms with van der Waals surface area (Å²) in [5, 5.41) is 4.51. The lowest BCUT2D eigenvalue weighted by Gasteiger charge is -2.21. The third-order valence-electron chi connectivity index (χ3n) is 11.5. The van der Waals surface area contributed by atoms with E-state index in [1.165, 1.54) is 44.2 Å². The van der Waals surface area contributed by atoms with Crippen LogP contribution in [0.4, 0.5) is 0 Å². The van der Waals surface area contributed by atoms with Crippen molar-refractivity contribution in [2.75, 3.05) is 0 Å². The van der Waals surface area contributed by atoms with Gasteiger partial charge >= 0.3 is 0 Å². The van der Waals surface area contributed by atoms with Crippen molar-refractivity contribution in [1.82, 2.24) is 15.0 Å². The first-order valence-corrected chi connectivity index (χ1v) is 19.1. The molecule has 11 rings (SSSR count). The molecule has 0 fully saturated rings. The van der Waals surface area contributed by atoms with Gasteiger partial charge in [-0.2, -0.15) is 0 Å². The zero-order valence-electron chi connectivity index (χ0n) is 31.0. The van der Waals surface area contributed by atoms with Crippen LogP contribution in [0.15, 0.2) is 180 Å². The number of para-hydroxylation sites is 1. The average molecular weight is 718 g/mol. The first kappa shape index (κ1) is 32.3. The summed E-state index contributed by atoms with van der Waals surface area (Å²) in [5.74, 6) is 1.88. The highest BCUT2D eigenvalue weighted by atomic mass is 16.3. The Morgan fingerprint density at radius 3 is 1.71 bits per heavy atom. The largest absolute Gasteiger partial charge is 0.456 e. The van der Waals surface area contributed by atoms with E-state index in [-0.39, 0.29) is 5.41 Å². The van der Waals surface area contributed by atoms with Crippen molar-refractivity contribution in [3.05, 3.63) is 187 Å². The molecule has 0 amide bonds. The maximum Gasteiger partial charge on any atom is 0.164 e. The predicted octanol–water partition coefficient (Wildman–Crippen LogP) is 13.6. The SMILES string of the molecule is CC1(C)c2ccccc2-c2ccc(-c3nc(-c4cccc(-c5ccc6ccc(-c7ccccc7)cc6c5)c4)nc(-c4ccc5oc6ccccc6c5c4)n3)cc21. The summed E-state index contributed by atoms with van der Waals surface area (Å²) in [7, 11) is 0. The maximum atomic E-state index is 6.18. The zero-order chi connectivity index (χ0) is 37.4. The molecule has 0 N–H and O–H groups in total. The Balaban J connectivity index is 1.05. The lowest BCUT2D eigenvalue weighted by Crippen LogP contribution is -2.15. The second-order valence-corrected chi connectivity index (χ2v) is 15.3. The second kappa shape index (κ2) is 12.4. The van der Waals surface area contributed by atoms with Crippen molar-refractivity contribution >= 4 is 32.7 Å². The summed E-state index contributed by atoms with van der Waals surface area (Å²) in [4.78, 5) is 15.6. The maximum absolute atomic E-state index is 6.18. The van der Waals surface area contributed by atoms with Crippen molar-refractivity contribution < 1.29 is 4.42 Å². The van der Waals surface area contributed by atoms with Gasteiger partial charge in [0.25, 0.3) is 0 Å². The highest BCUT2D eigenvalue weighted by Gasteiger charge is 2.35. The van der Waals surface area contributed by atoms with Crippen LogP contribution in [0.3, 0.4) is 0 Å². The van der Waals surface area contributed by atoms with Gasteiger partial charge in [0.1, 0.15) is 11.2 Å². The molecule has 0 saturated carbocycles. The van der Waals surface area contributed by atoms with Crippen LogP contribution in [0.1, 0.15) is 25.0 Å². The standard InChI is InChI=1S/C52H35N3O/c1-52(2)45-17-8-6-15-41(45)42-25-23-39(31-46(42)52)51-54-49(53-50(55-51)38-24-26-48-44(30-38)43-16-7-9-18-47(43)56-48)37-14-10-13-34(27-37)36-22-20-33-19-21-35(28-40(33)29-36)32-11-4-3-5-12-32/h3-31H,1-2H3. The molecule has 10 aromatic rings. The molecule has 2 heterocycles. The van der Waals surface area contributed by atoms with Crippen LogP contribution in [0, 0.1) is 0 Å². The number of hydrogen-bond acceptors (Lipinski definition) is 4. The van der Waals surface area contributed by atoms with E-state index in [0.717, 1.165) is 49.8 Å². The van der Waals surface area contributed by atoms with Gasteiger partial charge in [0.2, 0.25) is 0 Å². The number of fused-ring (bicyclic) bond motifs is 7. The van der Waals surface area contributed by atoms with Gasteiger partial charge in [-0.3, -0.25) is 0 Å². The molecule has 4 nitrogen and oxygen atoms in total. The molecule has 2 aromatic heterocycles. The fourth-order valence-corrected chi connectivity index (χ4v) is 8.55. The summed E-state index contributed by atoms with van der Waals surface area (Å²) in [6, 6.07) is 62.2. The minimum Gasteiger partial charge on any atom is -0.456 e. The quantitative estimate of drug-likeness (QED) is 0.178. The van der Waals surface area contributed by atoms with E-state index < -0.39 is 0 Å². The number of hydrogen-bond donors (Lipinski definition) is 0. The monoisotopic (exact) mass is 717 g/mol. The van der Waals surface area contributed by atoms with E-state index in [4.69, 9.17) is 19.4 Å². The Morgan fingerprint density at radius 1 is 0.357 bits per heavy atom. The molecule has 0 unspecified atom stereocenters. The topological polar surface area (TPSA) is 51.8 Å². The average Bonchev–Trinajstić information content (AvgIpc) is 3.74. The molecule has 0 spiro atoms. The van der Waals surface area contributed by atoms with Gasteiger partial charge < -0.3 is 4.42 Å². The summed E-state index contributed by atoms with van der Waals surface area (Å²) < 4.78 is 6.18. The highest BCUT2D eigenvalue weighted by Crippen LogP contribution is 2.49. The van der Waals surface area contributed by atoms with Gasteiger partial charge in [-0.1, -0.05) is 141 Å². The van der Waals surface area contributed by atoms with Crippen LogP contribution in [0.5, 0.6) is 0 Å². The lowest BCUT2D eigenvalue weighted by atomic mass is 9.82. The van der Waals surface area contributed by atoms with Crippen molar-refractivity contribution in [2.45, 2.75) is 19.3 Å². The van der Waals surface area contributed by atoms with E-state index in [1.54, 1.807) is 0 Å². The molecule has 1 aliphatic rings. The van der Waals surface area contributed by atoms with Crippen LogP contribution >= 0.6 is 0 Å². The molecular weight excluding hydrogens is 683 g/mol.